The highest BCUT2D eigenvalue weighted by atomic mass is 32.2. The molecule has 0 bridgehead atoms. The number of hydrogen-bond donors (Lipinski definition) is 0. The van der Waals surface area contributed by atoms with Crippen LogP contribution < -0.4 is 0 Å². The van der Waals surface area contributed by atoms with Crippen LogP contribution in [-0.2, 0) is 12.2 Å². The van der Waals surface area contributed by atoms with Crippen LogP contribution in [0.2, 0.25) is 0 Å². The van der Waals surface area contributed by atoms with E-state index in [1.807, 2.05) is 24.3 Å². The van der Waals surface area contributed by atoms with Gasteiger partial charge in [-0.2, -0.15) is 5.26 Å². The van der Waals surface area contributed by atoms with Gasteiger partial charge in [-0.25, -0.2) is 4.39 Å². The fourth-order valence-corrected chi connectivity index (χ4v) is 2.58. The molecule has 0 saturated heterocycles. The Kier molecular flexibility index (Phi) is 4.38. The second-order valence-electron chi connectivity index (χ2n) is 3.85. The first-order chi connectivity index (χ1) is 8.79. The fourth-order valence-electron chi connectivity index (χ4n) is 1.65. The van der Waals surface area contributed by atoms with Crippen molar-refractivity contribution in [1.82, 2.24) is 0 Å². The van der Waals surface area contributed by atoms with Crippen LogP contribution in [0.3, 0.4) is 0 Å². The predicted molar refractivity (Wildman–Crippen MR) is 71.7 cm³/mol. The van der Waals surface area contributed by atoms with Gasteiger partial charge in [0.25, 0.3) is 0 Å². The minimum atomic E-state index is -0.218. The van der Waals surface area contributed by atoms with Gasteiger partial charge in [0.1, 0.15) is 5.82 Å². The third-order valence-corrected chi connectivity index (χ3v) is 3.66. The number of thioether (sulfide) groups is 1. The number of nitriles is 1. The van der Waals surface area contributed by atoms with Gasteiger partial charge in [0, 0.05) is 10.6 Å². The standard InChI is InChI=1S/C15H12FNS/c16-14-5-7-15(8-6-14)18-11-13-4-2-1-3-12(13)9-10-17/h1-8H,9,11H2. The Morgan fingerprint density at radius 3 is 2.33 bits per heavy atom. The predicted octanol–water partition coefficient (Wildman–Crippen LogP) is 4.18. The van der Waals surface area contributed by atoms with E-state index in [1.54, 1.807) is 23.9 Å². The molecule has 2 aromatic rings. The molecular weight excluding hydrogens is 245 g/mol. The van der Waals surface area contributed by atoms with Gasteiger partial charge in [-0.05, 0) is 35.4 Å². The second-order valence-corrected chi connectivity index (χ2v) is 4.89. The lowest BCUT2D eigenvalue weighted by Crippen LogP contribution is -1.90. The molecule has 0 radical (unpaired) electrons. The third-order valence-electron chi connectivity index (χ3n) is 2.60. The molecule has 0 aliphatic rings. The molecule has 0 saturated carbocycles. The minimum absolute atomic E-state index is 0.218. The molecule has 2 aromatic carbocycles. The van der Waals surface area contributed by atoms with E-state index in [2.05, 4.69) is 6.07 Å². The quantitative estimate of drug-likeness (QED) is 0.767. The molecule has 0 fully saturated rings. The van der Waals surface area contributed by atoms with Crippen LogP contribution in [0.5, 0.6) is 0 Å². The summed E-state index contributed by atoms with van der Waals surface area (Å²) in [6, 6.07) is 16.6. The van der Waals surface area contributed by atoms with Crippen LogP contribution in [0.1, 0.15) is 11.1 Å². The minimum Gasteiger partial charge on any atom is -0.207 e. The van der Waals surface area contributed by atoms with Crippen molar-refractivity contribution in [3.8, 4) is 6.07 Å². The van der Waals surface area contributed by atoms with Crippen molar-refractivity contribution in [2.24, 2.45) is 0 Å². The van der Waals surface area contributed by atoms with Crippen molar-refractivity contribution in [1.29, 1.82) is 5.26 Å². The van der Waals surface area contributed by atoms with Gasteiger partial charge in [0.2, 0.25) is 0 Å². The maximum absolute atomic E-state index is 12.8. The van der Waals surface area contributed by atoms with Gasteiger partial charge in [-0.3, -0.25) is 0 Å². The first-order valence-corrected chi connectivity index (χ1v) is 6.60. The summed E-state index contributed by atoms with van der Waals surface area (Å²) >= 11 is 1.65. The molecule has 2 rings (SSSR count). The number of rotatable bonds is 4. The van der Waals surface area contributed by atoms with E-state index in [9.17, 15) is 4.39 Å². The normalized spacial score (nSPS) is 10.0. The molecule has 0 atom stereocenters. The Hall–Kier alpha value is -1.79. The molecule has 0 N–H and O–H groups in total. The molecular formula is C15H12FNS. The highest BCUT2D eigenvalue weighted by Crippen LogP contribution is 2.24. The van der Waals surface area contributed by atoms with Crippen LogP contribution >= 0.6 is 11.8 Å². The number of nitrogens with zero attached hydrogens (tertiary/aromatic N) is 1. The van der Waals surface area contributed by atoms with Crippen molar-refractivity contribution in [2.75, 3.05) is 0 Å². The Morgan fingerprint density at radius 1 is 1.00 bits per heavy atom. The lowest BCUT2D eigenvalue weighted by molar-refractivity contribution is 0.626. The molecule has 0 aliphatic carbocycles. The maximum Gasteiger partial charge on any atom is 0.123 e. The number of halogens is 1. The number of benzene rings is 2. The van der Waals surface area contributed by atoms with Crippen LogP contribution in [-0.4, -0.2) is 0 Å². The zero-order valence-electron chi connectivity index (χ0n) is 9.77. The molecule has 0 spiro atoms. The molecule has 0 aliphatic heterocycles. The molecule has 0 amide bonds. The lowest BCUT2D eigenvalue weighted by Gasteiger charge is -2.06. The van der Waals surface area contributed by atoms with Crippen molar-refractivity contribution in [3.63, 3.8) is 0 Å². The summed E-state index contributed by atoms with van der Waals surface area (Å²) in [7, 11) is 0. The van der Waals surface area contributed by atoms with Gasteiger partial charge >= 0.3 is 0 Å². The van der Waals surface area contributed by atoms with E-state index in [0.717, 1.165) is 21.8 Å². The van der Waals surface area contributed by atoms with Crippen molar-refractivity contribution >= 4 is 11.8 Å². The summed E-state index contributed by atoms with van der Waals surface area (Å²) in [6.07, 6.45) is 0.431. The summed E-state index contributed by atoms with van der Waals surface area (Å²) < 4.78 is 12.8. The van der Waals surface area contributed by atoms with Crippen LogP contribution in [0, 0.1) is 17.1 Å². The molecule has 3 heteroatoms. The Labute approximate surface area is 110 Å². The summed E-state index contributed by atoms with van der Waals surface area (Å²) in [5.41, 5.74) is 2.22. The van der Waals surface area contributed by atoms with Gasteiger partial charge in [-0.15, -0.1) is 11.8 Å². The fraction of sp³-hybridized carbons (Fsp3) is 0.133. The highest BCUT2D eigenvalue weighted by Gasteiger charge is 2.02. The van der Waals surface area contributed by atoms with Crippen molar-refractivity contribution in [2.45, 2.75) is 17.1 Å². The molecule has 90 valence electrons. The summed E-state index contributed by atoms with van der Waals surface area (Å²) in [5, 5.41) is 8.76. The zero-order chi connectivity index (χ0) is 12.8. The van der Waals surface area contributed by atoms with Gasteiger partial charge in [0.15, 0.2) is 0 Å². The number of hydrogen-bond acceptors (Lipinski definition) is 2. The molecule has 0 unspecified atom stereocenters. The van der Waals surface area contributed by atoms with Crippen LogP contribution in [0.4, 0.5) is 4.39 Å². The van der Waals surface area contributed by atoms with Gasteiger partial charge < -0.3 is 0 Å². The first kappa shape index (κ1) is 12.7. The lowest BCUT2D eigenvalue weighted by atomic mass is 10.1. The van der Waals surface area contributed by atoms with Crippen molar-refractivity contribution < 1.29 is 4.39 Å². The van der Waals surface area contributed by atoms with Crippen molar-refractivity contribution in [3.05, 3.63) is 65.5 Å². The van der Waals surface area contributed by atoms with E-state index in [4.69, 9.17) is 5.26 Å². The summed E-state index contributed by atoms with van der Waals surface area (Å²) in [5.74, 6) is 0.577. The van der Waals surface area contributed by atoms with E-state index in [0.29, 0.717) is 6.42 Å². The van der Waals surface area contributed by atoms with Gasteiger partial charge in [-0.1, -0.05) is 24.3 Å². The first-order valence-electron chi connectivity index (χ1n) is 5.61. The Morgan fingerprint density at radius 2 is 1.67 bits per heavy atom. The highest BCUT2D eigenvalue weighted by molar-refractivity contribution is 7.98. The Bertz CT molecular complexity index is 557. The zero-order valence-corrected chi connectivity index (χ0v) is 10.6. The molecule has 18 heavy (non-hydrogen) atoms. The average Bonchev–Trinajstić information content (AvgIpc) is 2.40. The average molecular weight is 257 g/mol. The van der Waals surface area contributed by atoms with E-state index in [1.165, 1.54) is 12.1 Å². The monoisotopic (exact) mass is 257 g/mol. The smallest absolute Gasteiger partial charge is 0.123 e. The second kappa shape index (κ2) is 6.23. The largest absolute Gasteiger partial charge is 0.207 e. The van der Waals surface area contributed by atoms with E-state index < -0.39 is 0 Å². The van der Waals surface area contributed by atoms with Crippen LogP contribution in [0.15, 0.2) is 53.4 Å². The van der Waals surface area contributed by atoms with E-state index in [-0.39, 0.29) is 5.82 Å². The summed E-state index contributed by atoms with van der Waals surface area (Å²) in [6.45, 7) is 0. The molecule has 0 heterocycles. The molecule has 1 nitrogen and oxygen atoms in total. The van der Waals surface area contributed by atoms with Gasteiger partial charge in [0.05, 0.1) is 12.5 Å². The SMILES string of the molecule is N#CCc1ccccc1CSc1ccc(F)cc1. The van der Waals surface area contributed by atoms with E-state index >= 15 is 0 Å². The molecule has 0 aromatic heterocycles. The van der Waals surface area contributed by atoms with Crippen LogP contribution in [0.25, 0.3) is 0 Å². The third kappa shape index (κ3) is 3.35. The maximum atomic E-state index is 12.8. The summed E-state index contributed by atoms with van der Waals surface area (Å²) in [4.78, 5) is 1.03. The Balaban J connectivity index is 2.06. The topological polar surface area (TPSA) is 23.8 Å².